The molecule has 1 N–H and O–H groups in total. The van der Waals surface area contributed by atoms with E-state index in [4.69, 9.17) is 4.74 Å². The highest BCUT2D eigenvalue weighted by molar-refractivity contribution is 5.49. The summed E-state index contributed by atoms with van der Waals surface area (Å²) in [6, 6.07) is 12.2. The summed E-state index contributed by atoms with van der Waals surface area (Å²) in [6.45, 7) is 7.00. The second-order valence-corrected chi connectivity index (χ2v) is 4.78. The first kappa shape index (κ1) is 15.2. The van der Waals surface area contributed by atoms with E-state index in [1.807, 2.05) is 18.3 Å². The standard InChI is InChI=1S/C17H23N3O/c1-4-20(5-2)17-11-8-15(13-19-17)18-12-14-6-9-16(21-3)10-7-14/h6-11,13,18H,4-5,12H2,1-3H3. The maximum atomic E-state index is 5.15. The van der Waals surface area contributed by atoms with Crippen LogP contribution in [-0.4, -0.2) is 25.2 Å². The number of rotatable bonds is 7. The van der Waals surface area contributed by atoms with Crippen LogP contribution in [0, 0.1) is 0 Å². The van der Waals surface area contributed by atoms with Gasteiger partial charge >= 0.3 is 0 Å². The summed E-state index contributed by atoms with van der Waals surface area (Å²) in [5, 5.41) is 3.38. The van der Waals surface area contributed by atoms with Gasteiger partial charge < -0.3 is 15.0 Å². The second kappa shape index (κ2) is 7.53. The Bertz CT molecular complexity index is 533. The highest BCUT2D eigenvalue weighted by Crippen LogP contribution is 2.16. The predicted molar refractivity (Wildman–Crippen MR) is 88.1 cm³/mol. The lowest BCUT2D eigenvalue weighted by atomic mass is 10.2. The van der Waals surface area contributed by atoms with E-state index in [9.17, 15) is 0 Å². The Balaban J connectivity index is 1.93. The van der Waals surface area contributed by atoms with Crippen LogP contribution in [0.2, 0.25) is 0 Å². The average molecular weight is 285 g/mol. The molecule has 0 bridgehead atoms. The van der Waals surface area contributed by atoms with Crippen molar-refractivity contribution in [2.75, 3.05) is 30.4 Å². The van der Waals surface area contributed by atoms with Crippen LogP contribution in [0.4, 0.5) is 11.5 Å². The van der Waals surface area contributed by atoms with Gasteiger partial charge in [0.05, 0.1) is 19.0 Å². The molecule has 0 saturated heterocycles. The van der Waals surface area contributed by atoms with Crippen LogP contribution in [0.5, 0.6) is 5.75 Å². The van der Waals surface area contributed by atoms with Gasteiger partial charge in [-0.3, -0.25) is 0 Å². The topological polar surface area (TPSA) is 37.4 Å². The van der Waals surface area contributed by atoms with Gasteiger partial charge in [-0.25, -0.2) is 4.98 Å². The minimum Gasteiger partial charge on any atom is -0.497 e. The van der Waals surface area contributed by atoms with E-state index in [0.717, 1.165) is 36.9 Å². The average Bonchev–Trinajstić information content (AvgIpc) is 2.55. The monoisotopic (exact) mass is 285 g/mol. The molecule has 0 unspecified atom stereocenters. The van der Waals surface area contributed by atoms with Crippen molar-refractivity contribution in [2.24, 2.45) is 0 Å². The summed E-state index contributed by atoms with van der Waals surface area (Å²) < 4.78 is 5.15. The molecule has 0 aliphatic rings. The number of anilines is 2. The largest absolute Gasteiger partial charge is 0.497 e. The van der Waals surface area contributed by atoms with Crippen molar-refractivity contribution in [3.63, 3.8) is 0 Å². The molecule has 0 aliphatic carbocycles. The third-order valence-corrected chi connectivity index (χ3v) is 3.49. The fourth-order valence-electron chi connectivity index (χ4n) is 2.17. The van der Waals surface area contributed by atoms with Gasteiger partial charge in [0.1, 0.15) is 11.6 Å². The van der Waals surface area contributed by atoms with Gasteiger partial charge in [0, 0.05) is 19.6 Å². The van der Waals surface area contributed by atoms with Gasteiger partial charge in [-0.2, -0.15) is 0 Å². The normalized spacial score (nSPS) is 10.2. The fourth-order valence-corrected chi connectivity index (χ4v) is 2.17. The fraction of sp³-hybridized carbons (Fsp3) is 0.353. The van der Waals surface area contributed by atoms with Crippen LogP contribution in [-0.2, 0) is 6.54 Å². The summed E-state index contributed by atoms with van der Waals surface area (Å²) in [5.74, 6) is 1.90. The van der Waals surface area contributed by atoms with Crippen LogP contribution in [0.25, 0.3) is 0 Å². The van der Waals surface area contributed by atoms with E-state index in [2.05, 4.69) is 53.3 Å². The van der Waals surface area contributed by atoms with Crippen molar-refractivity contribution in [1.82, 2.24) is 4.98 Å². The summed E-state index contributed by atoms with van der Waals surface area (Å²) >= 11 is 0. The molecule has 2 rings (SSSR count). The van der Waals surface area contributed by atoms with Gasteiger partial charge in [-0.05, 0) is 43.7 Å². The number of pyridine rings is 1. The van der Waals surface area contributed by atoms with Gasteiger partial charge in [0.15, 0.2) is 0 Å². The van der Waals surface area contributed by atoms with Crippen molar-refractivity contribution in [2.45, 2.75) is 20.4 Å². The Morgan fingerprint density at radius 3 is 2.29 bits per heavy atom. The van der Waals surface area contributed by atoms with Crippen molar-refractivity contribution < 1.29 is 4.74 Å². The highest BCUT2D eigenvalue weighted by Gasteiger charge is 2.02. The third-order valence-electron chi connectivity index (χ3n) is 3.49. The molecule has 0 fully saturated rings. The number of nitrogens with zero attached hydrogens (tertiary/aromatic N) is 2. The smallest absolute Gasteiger partial charge is 0.128 e. The van der Waals surface area contributed by atoms with Crippen LogP contribution >= 0.6 is 0 Å². The number of aromatic nitrogens is 1. The van der Waals surface area contributed by atoms with E-state index in [0.29, 0.717) is 0 Å². The van der Waals surface area contributed by atoms with Gasteiger partial charge in [-0.1, -0.05) is 12.1 Å². The zero-order valence-electron chi connectivity index (χ0n) is 13.0. The minimum absolute atomic E-state index is 0.774. The molecule has 4 heteroatoms. The molecule has 0 saturated carbocycles. The number of hydrogen-bond donors (Lipinski definition) is 1. The van der Waals surface area contributed by atoms with Crippen molar-refractivity contribution >= 4 is 11.5 Å². The first-order valence-corrected chi connectivity index (χ1v) is 7.34. The lowest BCUT2D eigenvalue weighted by Crippen LogP contribution is -2.22. The number of nitrogens with one attached hydrogen (secondary N) is 1. The Hall–Kier alpha value is -2.23. The lowest BCUT2D eigenvalue weighted by Gasteiger charge is -2.19. The SMILES string of the molecule is CCN(CC)c1ccc(NCc2ccc(OC)cc2)cn1. The molecule has 1 aromatic carbocycles. The lowest BCUT2D eigenvalue weighted by molar-refractivity contribution is 0.414. The maximum Gasteiger partial charge on any atom is 0.128 e. The van der Waals surface area contributed by atoms with Crippen LogP contribution < -0.4 is 15.0 Å². The number of methoxy groups -OCH3 is 1. The Morgan fingerprint density at radius 2 is 1.76 bits per heavy atom. The summed E-state index contributed by atoms with van der Waals surface area (Å²) in [4.78, 5) is 6.73. The quantitative estimate of drug-likeness (QED) is 0.844. The van der Waals surface area contributed by atoms with Crippen molar-refractivity contribution in [3.05, 3.63) is 48.2 Å². The number of ether oxygens (including phenoxy) is 1. The molecule has 0 atom stereocenters. The van der Waals surface area contributed by atoms with Gasteiger partial charge in [0.2, 0.25) is 0 Å². The maximum absolute atomic E-state index is 5.15. The van der Waals surface area contributed by atoms with Crippen LogP contribution in [0.3, 0.4) is 0 Å². The van der Waals surface area contributed by atoms with E-state index in [1.54, 1.807) is 7.11 Å². The second-order valence-electron chi connectivity index (χ2n) is 4.78. The molecule has 2 aromatic rings. The minimum atomic E-state index is 0.774. The third kappa shape index (κ3) is 4.12. The van der Waals surface area contributed by atoms with E-state index >= 15 is 0 Å². The number of hydrogen-bond acceptors (Lipinski definition) is 4. The summed E-state index contributed by atoms with van der Waals surface area (Å²) in [5.41, 5.74) is 2.24. The molecular weight excluding hydrogens is 262 g/mol. The molecule has 1 aromatic heterocycles. The molecule has 112 valence electrons. The van der Waals surface area contributed by atoms with E-state index < -0.39 is 0 Å². The number of benzene rings is 1. The van der Waals surface area contributed by atoms with E-state index in [-0.39, 0.29) is 0 Å². The molecule has 21 heavy (non-hydrogen) atoms. The zero-order chi connectivity index (χ0) is 15.1. The Labute approximate surface area is 126 Å². The van der Waals surface area contributed by atoms with Crippen LogP contribution in [0.15, 0.2) is 42.6 Å². The molecular formula is C17H23N3O. The molecule has 1 heterocycles. The predicted octanol–water partition coefficient (Wildman–Crippen LogP) is 3.55. The summed E-state index contributed by atoms with van der Waals surface area (Å²) in [7, 11) is 1.68. The molecule has 0 spiro atoms. The van der Waals surface area contributed by atoms with Crippen molar-refractivity contribution in [1.29, 1.82) is 0 Å². The van der Waals surface area contributed by atoms with Crippen LogP contribution in [0.1, 0.15) is 19.4 Å². The molecule has 0 amide bonds. The molecule has 0 aliphatic heterocycles. The Morgan fingerprint density at radius 1 is 1.05 bits per heavy atom. The highest BCUT2D eigenvalue weighted by atomic mass is 16.5. The first-order chi connectivity index (χ1) is 10.3. The molecule has 0 radical (unpaired) electrons. The zero-order valence-corrected chi connectivity index (χ0v) is 13.0. The summed E-state index contributed by atoms with van der Waals surface area (Å²) in [6.07, 6.45) is 1.89. The van der Waals surface area contributed by atoms with Crippen molar-refractivity contribution in [3.8, 4) is 5.75 Å². The van der Waals surface area contributed by atoms with Gasteiger partial charge in [-0.15, -0.1) is 0 Å². The van der Waals surface area contributed by atoms with Gasteiger partial charge in [0.25, 0.3) is 0 Å². The first-order valence-electron chi connectivity index (χ1n) is 7.34. The molecule has 4 nitrogen and oxygen atoms in total. The Kier molecular flexibility index (Phi) is 5.43. The van der Waals surface area contributed by atoms with E-state index in [1.165, 1.54) is 5.56 Å².